The molecule has 1 rings (SSSR count). The minimum absolute atomic E-state index is 0.258. The van der Waals surface area contributed by atoms with Crippen molar-refractivity contribution >= 4 is 17.3 Å². The van der Waals surface area contributed by atoms with Gasteiger partial charge in [0, 0.05) is 13.1 Å². The molecular weight excluding hydrogens is 188 g/mol. The van der Waals surface area contributed by atoms with E-state index >= 15 is 0 Å². The van der Waals surface area contributed by atoms with Crippen LogP contribution in [-0.4, -0.2) is 25.2 Å². The Bertz CT molecular complexity index is 257. The molecule has 0 aliphatic carbocycles. The lowest BCUT2D eigenvalue weighted by atomic mass is 10.3. The van der Waals surface area contributed by atoms with E-state index in [9.17, 15) is 4.79 Å². The second-order valence-electron chi connectivity index (χ2n) is 2.48. The van der Waals surface area contributed by atoms with Gasteiger partial charge in [0.25, 0.3) is 0 Å². The molecule has 0 saturated carbocycles. The summed E-state index contributed by atoms with van der Waals surface area (Å²) in [6, 6.07) is 3.50. The van der Waals surface area contributed by atoms with Gasteiger partial charge in [-0.25, -0.2) is 4.79 Å². The molecule has 0 aromatic carbocycles. The summed E-state index contributed by atoms with van der Waals surface area (Å²) in [5.74, 6) is -0.351. The Kier molecular flexibility index (Phi) is 3.88. The zero-order valence-electron chi connectivity index (χ0n) is 7.10. The van der Waals surface area contributed by atoms with Crippen LogP contribution in [0.3, 0.4) is 0 Å². The van der Waals surface area contributed by atoms with Crippen LogP contribution in [0.25, 0.3) is 0 Å². The molecule has 0 unspecified atom stereocenters. The second-order valence-corrected chi connectivity index (χ2v) is 3.42. The van der Waals surface area contributed by atoms with Crippen molar-refractivity contribution in [2.75, 3.05) is 13.1 Å². The fraction of sp³-hybridized carbons (Fsp3) is 0.375. The highest BCUT2D eigenvalue weighted by Gasteiger charge is 2.13. The Morgan fingerprint density at radius 3 is 2.69 bits per heavy atom. The standard InChI is InChI=1S/C8H12N2O2S/c9-4-6(5-10)12-8(11)7-2-1-3-13-7/h1-3,6H,4-5,9-10H2. The third kappa shape index (κ3) is 2.80. The van der Waals surface area contributed by atoms with E-state index in [1.54, 1.807) is 12.1 Å². The molecule has 13 heavy (non-hydrogen) atoms. The Morgan fingerprint density at radius 1 is 1.54 bits per heavy atom. The van der Waals surface area contributed by atoms with Crippen molar-refractivity contribution in [2.24, 2.45) is 11.5 Å². The summed E-state index contributed by atoms with van der Waals surface area (Å²) in [5, 5.41) is 1.82. The van der Waals surface area contributed by atoms with E-state index in [0.29, 0.717) is 4.88 Å². The average Bonchev–Trinajstić information content (AvgIpc) is 2.66. The molecule has 0 aliphatic rings. The van der Waals surface area contributed by atoms with Crippen molar-refractivity contribution in [3.63, 3.8) is 0 Å². The molecule has 1 heterocycles. The molecule has 0 bridgehead atoms. The van der Waals surface area contributed by atoms with Crippen LogP contribution in [0.5, 0.6) is 0 Å². The fourth-order valence-corrected chi connectivity index (χ4v) is 1.40. The predicted molar refractivity (Wildman–Crippen MR) is 51.6 cm³/mol. The van der Waals surface area contributed by atoms with Gasteiger partial charge in [0.2, 0.25) is 0 Å². The van der Waals surface area contributed by atoms with Crippen molar-refractivity contribution in [2.45, 2.75) is 6.10 Å². The SMILES string of the molecule is NCC(CN)OC(=O)c1cccs1. The van der Waals surface area contributed by atoms with Gasteiger partial charge in [-0.05, 0) is 11.4 Å². The van der Waals surface area contributed by atoms with Crippen molar-refractivity contribution in [3.05, 3.63) is 22.4 Å². The number of nitrogens with two attached hydrogens (primary N) is 2. The molecule has 4 nitrogen and oxygen atoms in total. The molecule has 0 aliphatic heterocycles. The Labute approximate surface area is 80.5 Å². The van der Waals surface area contributed by atoms with Crippen molar-refractivity contribution in [3.8, 4) is 0 Å². The molecular formula is C8H12N2O2S. The van der Waals surface area contributed by atoms with Crippen molar-refractivity contribution in [1.82, 2.24) is 0 Å². The first-order chi connectivity index (χ1) is 6.27. The fourth-order valence-electron chi connectivity index (χ4n) is 0.797. The van der Waals surface area contributed by atoms with Gasteiger partial charge in [0.05, 0.1) is 0 Å². The number of thiophene rings is 1. The number of ether oxygens (including phenoxy) is 1. The van der Waals surface area contributed by atoms with Crippen LogP contribution in [0, 0.1) is 0 Å². The summed E-state index contributed by atoms with van der Waals surface area (Å²) in [6.07, 6.45) is -0.380. The van der Waals surface area contributed by atoms with Crippen LogP contribution in [0.15, 0.2) is 17.5 Å². The molecule has 0 radical (unpaired) electrons. The summed E-state index contributed by atoms with van der Waals surface area (Å²) in [5.41, 5.74) is 10.7. The van der Waals surface area contributed by atoms with E-state index in [-0.39, 0.29) is 25.2 Å². The number of hydrogen-bond acceptors (Lipinski definition) is 5. The normalized spacial score (nSPS) is 10.4. The smallest absolute Gasteiger partial charge is 0.348 e. The maximum atomic E-state index is 11.3. The van der Waals surface area contributed by atoms with Crippen LogP contribution >= 0.6 is 11.3 Å². The highest BCUT2D eigenvalue weighted by atomic mass is 32.1. The van der Waals surface area contributed by atoms with Crippen LogP contribution in [0.1, 0.15) is 9.67 Å². The van der Waals surface area contributed by atoms with E-state index in [4.69, 9.17) is 16.2 Å². The quantitative estimate of drug-likeness (QED) is 0.680. The monoisotopic (exact) mass is 200 g/mol. The number of hydrogen-bond donors (Lipinski definition) is 2. The molecule has 1 aromatic rings. The molecule has 0 fully saturated rings. The van der Waals surface area contributed by atoms with E-state index in [0.717, 1.165) is 0 Å². The largest absolute Gasteiger partial charge is 0.455 e. The maximum Gasteiger partial charge on any atom is 0.348 e. The van der Waals surface area contributed by atoms with Crippen LogP contribution in [-0.2, 0) is 4.74 Å². The third-order valence-corrected chi connectivity index (χ3v) is 2.37. The first-order valence-electron chi connectivity index (χ1n) is 3.92. The number of carbonyl (C=O) groups excluding carboxylic acids is 1. The van der Waals surface area contributed by atoms with Gasteiger partial charge < -0.3 is 16.2 Å². The first-order valence-corrected chi connectivity index (χ1v) is 4.80. The minimum Gasteiger partial charge on any atom is -0.455 e. The molecule has 72 valence electrons. The van der Waals surface area contributed by atoms with Gasteiger partial charge in [-0.2, -0.15) is 0 Å². The lowest BCUT2D eigenvalue weighted by Crippen LogP contribution is -2.33. The average molecular weight is 200 g/mol. The zero-order chi connectivity index (χ0) is 9.68. The minimum atomic E-state index is -0.380. The number of esters is 1. The topological polar surface area (TPSA) is 78.3 Å². The lowest BCUT2D eigenvalue weighted by molar-refractivity contribution is 0.0344. The van der Waals surface area contributed by atoms with E-state index < -0.39 is 0 Å². The second kappa shape index (κ2) is 4.96. The van der Waals surface area contributed by atoms with E-state index in [1.165, 1.54) is 11.3 Å². The highest BCUT2D eigenvalue weighted by Crippen LogP contribution is 2.10. The van der Waals surface area contributed by atoms with Gasteiger partial charge in [-0.15, -0.1) is 11.3 Å². The lowest BCUT2D eigenvalue weighted by Gasteiger charge is -2.12. The summed E-state index contributed by atoms with van der Waals surface area (Å²) >= 11 is 1.34. The molecule has 0 spiro atoms. The van der Waals surface area contributed by atoms with Crippen LogP contribution < -0.4 is 11.5 Å². The van der Waals surface area contributed by atoms with E-state index in [2.05, 4.69) is 0 Å². The van der Waals surface area contributed by atoms with Crippen molar-refractivity contribution < 1.29 is 9.53 Å². The van der Waals surface area contributed by atoms with Gasteiger partial charge in [-0.3, -0.25) is 0 Å². The van der Waals surface area contributed by atoms with Gasteiger partial charge in [-0.1, -0.05) is 6.07 Å². The van der Waals surface area contributed by atoms with Crippen LogP contribution in [0.4, 0.5) is 0 Å². The summed E-state index contributed by atoms with van der Waals surface area (Å²) in [7, 11) is 0. The highest BCUT2D eigenvalue weighted by molar-refractivity contribution is 7.11. The van der Waals surface area contributed by atoms with Crippen LogP contribution in [0.2, 0.25) is 0 Å². The maximum absolute atomic E-state index is 11.3. The van der Waals surface area contributed by atoms with E-state index in [1.807, 2.05) is 5.38 Å². The molecule has 4 N–H and O–H groups in total. The summed E-state index contributed by atoms with van der Waals surface area (Å²) in [6.45, 7) is 0.515. The molecule has 0 saturated heterocycles. The number of carbonyl (C=O) groups is 1. The Balaban J connectivity index is 2.50. The Morgan fingerprint density at radius 2 is 2.23 bits per heavy atom. The summed E-state index contributed by atoms with van der Waals surface area (Å²) < 4.78 is 5.01. The summed E-state index contributed by atoms with van der Waals surface area (Å²) in [4.78, 5) is 11.9. The molecule has 0 atom stereocenters. The Hall–Kier alpha value is -0.910. The predicted octanol–water partition coefficient (Wildman–Crippen LogP) is 0.191. The van der Waals surface area contributed by atoms with Gasteiger partial charge >= 0.3 is 5.97 Å². The first kappa shape index (κ1) is 10.2. The molecule has 1 aromatic heterocycles. The zero-order valence-corrected chi connectivity index (χ0v) is 7.92. The van der Waals surface area contributed by atoms with Gasteiger partial charge in [0.1, 0.15) is 11.0 Å². The molecule has 5 heteroatoms. The van der Waals surface area contributed by atoms with Gasteiger partial charge in [0.15, 0.2) is 0 Å². The third-order valence-electron chi connectivity index (χ3n) is 1.52. The van der Waals surface area contributed by atoms with Crippen molar-refractivity contribution in [1.29, 1.82) is 0 Å². The number of rotatable bonds is 4. The molecule has 0 amide bonds.